The average molecular weight is 519 g/mol. The van der Waals surface area contributed by atoms with Gasteiger partial charge in [-0.15, -0.1) is 0 Å². The molecule has 0 saturated carbocycles. The van der Waals surface area contributed by atoms with E-state index in [4.69, 9.17) is 4.74 Å². The van der Waals surface area contributed by atoms with Crippen LogP contribution in [0.15, 0.2) is 60.2 Å². The molecule has 4 aromatic rings. The van der Waals surface area contributed by atoms with Gasteiger partial charge in [0.25, 0.3) is 5.78 Å². The van der Waals surface area contributed by atoms with E-state index < -0.39 is 29.4 Å². The van der Waals surface area contributed by atoms with Crippen molar-refractivity contribution in [2.24, 2.45) is 0 Å². The van der Waals surface area contributed by atoms with Crippen molar-refractivity contribution < 1.29 is 28.2 Å². The number of hydrogen-bond acceptors (Lipinski definition) is 6. The lowest BCUT2D eigenvalue weighted by molar-refractivity contribution is -0.132. The molecule has 1 unspecified atom stereocenters. The molecule has 6 rings (SSSR count). The number of benzene rings is 3. The third-order valence-electron chi connectivity index (χ3n) is 6.61. The molecule has 1 fully saturated rings. The largest absolute Gasteiger partial charge is 0.507 e. The zero-order valence-corrected chi connectivity index (χ0v) is 20.4. The molecule has 1 aromatic heterocycles. The van der Waals surface area contributed by atoms with Gasteiger partial charge in [-0.25, -0.2) is 13.8 Å². The van der Waals surface area contributed by atoms with E-state index in [1.807, 2.05) is 19.1 Å². The molecule has 3 aromatic carbocycles. The molecule has 6 nitrogen and oxygen atoms in total. The third kappa shape index (κ3) is 3.86. The molecular weight excluding hydrogens is 498 g/mol. The number of anilines is 1. The standard InChI is InChI=1S/C28H20F2N2O4S/c1-14-4-2-5-16(10-14)24-23(25(33)17-7-8-21-15(11-17)6-3-9-36-21)26(34)27(35)32(24)28-31-20-12-18(29)19(30)13-22(20)37-28/h2,4-5,7-8,10-13,24,33H,3,6,9H2,1H3/b25-23+. The number of carbonyl (C=O) groups is 2. The molecule has 37 heavy (non-hydrogen) atoms. The zero-order chi connectivity index (χ0) is 25.8. The lowest BCUT2D eigenvalue weighted by Crippen LogP contribution is -2.29. The van der Waals surface area contributed by atoms with Gasteiger partial charge in [-0.2, -0.15) is 0 Å². The topological polar surface area (TPSA) is 79.7 Å². The summed E-state index contributed by atoms with van der Waals surface area (Å²) in [6.07, 6.45) is 1.61. The minimum absolute atomic E-state index is 0.0797. The highest BCUT2D eigenvalue weighted by atomic mass is 32.1. The summed E-state index contributed by atoms with van der Waals surface area (Å²) in [7, 11) is 0. The van der Waals surface area contributed by atoms with Gasteiger partial charge in [0.15, 0.2) is 16.8 Å². The smallest absolute Gasteiger partial charge is 0.301 e. The Morgan fingerprint density at radius 3 is 2.73 bits per heavy atom. The Labute approximate surface area is 214 Å². The Hall–Kier alpha value is -4.11. The summed E-state index contributed by atoms with van der Waals surface area (Å²) in [4.78, 5) is 32.3. The Morgan fingerprint density at radius 1 is 1.11 bits per heavy atom. The van der Waals surface area contributed by atoms with Crippen LogP contribution in [0, 0.1) is 18.6 Å². The number of aryl methyl sites for hydroxylation is 2. The number of carbonyl (C=O) groups excluding carboxylic acids is 2. The van der Waals surface area contributed by atoms with Crippen LogP contribution in [-0.4, -0.2) is 28.4 Å². The highest BCUT2D eigenvalue weighted by Gasteiger charge is 2.48. The monoisotopic (exact) mass is 518 g/mol. The first-order valence-electron chi connectivity index (χ1n) is 11.7. The van der Waals surface area contributed by atoms with Crippen molar-refractivity contribution in [2.45, 2.75) is 25.8 Å². The molecule has 0 bridgehead atoms. The number of nitrogens with zero attached hydrogens (tertiary/aromatic N) is 2. The second kappa shape index (κ2) is 8.77. The number of ketones is 1. The fraction of sp³-hybridized carbons (Fsp3) is 0.179. The van der Waals surface area contributed by atoms with Gasteiger partial charge in [-0.1, -0.05) is 41.2 Å². The summed E-state index contributed by atoms with van der Waals surface area (Å²) in [6, 6.07) is 13.4. The maximum atomic E-state index is 13.9. The van der Waals surface area contributed by atoms with Gasteiger partial charge in [0.05, 0.1) is 28.4 Å². The van der Waals surface area contributed by atoms with E-state index in [1.165, 1.54) is 4.90 Å². The maximum absolute atomic E-state index is 13.9. The fourth-order valence-electron chi connectivity index (χ4n) is 4.86. The molecule has 1 N–H and O–H groups in total. The second-order valence-corrected chi connectivity index (χ2v) is 10.1. The first kappa shape index (κ1) is 23.3. The molecule has 9 heteroatoms. The molecule has 1 amide bonds. The lowest BCUT2D eigenvalue weighted by Gasteiger charge is -2.23. The van der Waals surface area contributed by atoms with E-state index >= 15 is 0 Å². The van der Waals surface area contributed by atoms with Crippen molar-refractivity contribution in [2.75, 3.05) is 11.5 Å². The quantitative estimate of drug-likeness (QED) is 0.210. The normalized spacial score (nSPS) is 18.8. The van der Waals surface area contributed by atoms with E-state index in [0.29, 0.717) is 22.4 Å². The molecular formula is C28H20F2N2O4S. The van der Waals surface area contributed by atoms with Crippen molar-refractivity contribution >= 4 is 44.1 Å². The number of halogens is 2. The summed E-state index contributed by atoms with van der Waals surface area (Å²) in [5, 5.41) is 11.5. The van der Waals surface area contributed by atoms with Crippen LogP contribution >= 0.6 is 11.3 Å². The molecule has 2 aliphatic heterocycles. The van der Waals surface area contributed by atoms with E-state index in [9.17, 15) is 23.5 Å². The first-order valence-corrected chi connectivity index (χ1v) is 12.5. The fourth-order valence-corrected chi connectivity index (χ4v) is 5.86. The highest BCUT2D eigenvalue weighted by molar-refractivity contribution is 7.22. The van der Waals surface area contributed by atoms with Crippen LogP contribution in [0.1, 0.15) is 34.7 Å². The van der Waals surface area contributed by atoms with Gasteiger partial charge in [0.2, 0.25) is 0 Å². The summed E-state index contributed by atoms with van der Waals surface area (Å²) in [6.45, 7) is 2.50. The van der Waals surface area contributed by atoms with Crippen LogP contribution in [0.3, 0.4) is 0 Å². The molecule has 1 saturated heterocycles. The lowest BCUT2D eigenvalue weighted by atomic mass is 9.93. The van der Waals surface area contributed by atoms with Gasteiger partial charge in [0, 0.05) is 11.6 Å². The Morgan fingerprint density at radius 2 is 1.92 bits per heavy atom. The van der Waals surface area contributed by atoms with Crippen LogP contribution in [0.2, 0.25) is 0 Å². The van der Waals surface area contributed by atoms with Crippen molar-refractivity contribution in [1.29, 1.82) is 0 Å². The van der Waals surface area contributed by atoms with Crippen LogP contribution in [0.25, 0.3) is 16.0 Å². The van der Waals surface area contributed by atoms with E-state index in [-0.39, 0.29) is 22.0 Å². The SMILES string of the molecule is Cc1cccc(C2/C(=C(\O)c3ccc4c(c3)CCCO4)C(=O)C(=O)N2c2nc3cc(F)c(F)cc3s2)c1. The van der Waals surface area contributed by atoms with Gasteiger partial charge in [-0.3, -0.25) is 14.5 Å². The van der Waals surface area contributed by atoms with Crippen LogP contribution in [0.4, 0.5) is 13.9 Å². The van der Waals surface area contributed by atoms with Crippen molar-refractivity contribution in [3.05, 3.63) is 94.1 Å². The Kier molecular flexibility index (Phi) is 5.52. The number of thiazole rings is 1. The third-order valence-corrected chi connectivity index (χ3v) is 7.63. The minimum Gasteiger partial charge on any atom is -0.507 e. The first-order chi connectivity index (χ1) is 17.8. The maximum Gasteiger partial charge on any atom is 0.301 e. The minimum atomic E-state index is -1.06. The molecule has 0 radical (unpaired) electrons. The van der Waals surface area contributed by atoms with Crippen LogP contribution in [-0.2, 0) is 16.0 Å². The second-order valence-electron chi connectivity index (χ2n) is 9.09. The molecule has 0 aliphatic carbocycles. The summed E-state index contributed by atoms with van der Waals surface area (Å²) < 4.78 is 33.7. The predicted molar refractivity (Wildman–Crippen MR) is 136 cm³/mol. The predicted octanol–water partition coefficient (Wildman–Crippen LogP) is 5.83. The highest BCUT2D eigenvalue weighted by Crippen LogP contribution is 2.45. The number of hydrogen-bond donors (Lipinski definition) is 1. The zero-order valence-electron chi connectivity index (χ0n) is 19.6. The number of ether oxygens (including phenoxy) is 1. The summed E-state index contributed by atoms with van der Waals surface area (Å²) in [5.74, 6) is -3.41. The van der Waals surface area contributed by atoms with E-state index in [2.05, 4.69) is 4.98 Å². The number of amides is 1. The number of aliphatic hydroxyl groups excluding tert-OH is 1. The molecule has 0 spiro atoms. The molecule has 3 heterocycles. The molecule has 1 atom stereocenters. The Bertz CT molecular complexity index is 1610. The van der Waals surface area contributed by atoms with Crippen molar-refractivity contribution in [3.63, 3.8) is 0 Å². The molecule has 186 valence electrons. The summed E-state index contributed by atoms with van der Waals surface area (Å²) >= 11 is 0.968. The Balaban J connectivity index is 1.55. The number of rotatable bonds is 3. The van der Waals surface area contributed by atoms with Gasteiger partial charge in [-0.05, 0) is 55.2 Å². The van der Waals surface area contributed by atoms with Gasteiger partial charge < -0.3 is 9.84 Å². The number of Topliss-reactive ketones (excluding diaryl/α,β-unsaturated/α-hetero) is 1. The number of fused-ring (bicyclic) bond motifs is 2. The van der Waals surface area contributed by atoms with Gasteiger partial charge >= 0.3 is 5.91 Å². The number of aromatic nitrogens is 1. The van der Waals surface area contributed by atoms with Crippen molar-refractivity contribution in [1.82, 2.24) is 4.98 Å². The summed E-state index contributed by atoms with van der Waals surface area (Å²) in [5.41, 5.74) is 2.88. The van der Waals surface area contributed by atoms with E-state index in [1.54, 1.807) is 30.3 Å². The van der Waals surface area contributed by atoms with Crippen LogP contribution < -0.4 is 9.64 Å². The van der Waals surface area contributed by atoms with Gasteiger partial charge in [0.1, 0.15) is 11.5 Å². The molecule has 2 aliphatic rings. The van der Waals surface area contributed by atoms with Crippen LogP contribution in [0.5, 0.6) is 5.75 Å². The van der Waals surface area contributed by atoms with Crippen molar-refractivity contribution in [3.8, 4) is 5.75 Å². The average Bonchev–Trinajstić information content (AvgIpc) is 3.41. The van der Waals surface area contributed by atoms with E-state index in [0.717, 1.165) is 53.2 Å². The number of aliphatic hydroxyl groups is 1.